The fraction of sp³-hybridized carbons (Fsp3) is 0.364. The maximum absolute atomic E-state index is 12.8. The number of nitrogens with zero attached hydrogens (tertiary/aromatic N) is 2. The zero-order valence-corrected chi connectivity index (χ0v) is 15.6. The van der Waals surface area contributed by atoms with Crippen LogP contribution in [-0.2, 0) is 22.6 Å². The lowest BCUT2D eigenvalue weighted by atomic mass is 9.99. The first-order valence-electron chi connectivity index (χ1n) is 9.64. The van der Waals surface area contributed by atoms with Crippen LogP contribution in [0.3, 0.4) is 0 Å². The van der Waals surface area contributed by atoms with Crippen molar-refractivity contribution < 1.29 is 9.59 Å². The van der Waals surface area contributed by atoms with Crippen molar-refractivity contribution in [1.82, 2.24) is 4.90 Å². The number of hydrogen-bond acceptors (Lipinski definition) is 3. The fourth-order valence-electron chi connectivity index (χ4n) is 3.93. The SMILES string of the molecule is C[C@@H](C(=O)Nc1cccc(N2CCCC2=O)c1)N1CCc2ccccc2C1. The molecule has 2 amide bonds. The van der Waals surface area contributed by atoms with Crippen molar-refractivity contribution in [2.24, 2.45) is 0 Å². The largest absolute Gasteiger partial charge is 0.325 e. The quantitative estimate of drug-likeness (QED) is 0.908. The molecule has 0 radical (unpaired) electrons. The summed E-state index contributed by atoms with van der Waals surface area (Å²) in [5, 5.41) is 3.02. The molecule has 2 heterocycles. The Morgan fingerprint density at radius 1 is 1.04 bits per heavy atom. The minimum atomic E-state index is -0.213. The van der Waals surface area contributed by atoms with E-state index in [1.165, 1.54) is 11.1 Å². The van der Waals surface area contributed by atoms with Crippen molar-refractivity contribution in [2.75, 3.05) is 23.3 Å². The fourth-order valence-corrected chi connectivity index (χ4v) is 3.93. The summed E-state index contributed by atoms with van der Waals surface area (Å²) >= 11 is 0. The number of nitrogens with one attached hydrogen (secondary N) is 1. The standard InChI is InChI=1S/C22H25N3O2/c1-16(24-13-11-17-6-2-3-7-18(17)15-24)22(27)23-19-8-4-9-20(14-19)25-12-5-10-21(25)26/h2-4,6-9,14,16H,5,10-13,15H2,1H3,(H,23,27)/t16-/m0/s1. The second-order valence-electron chi connectivity index (χ2n) is 7.35. The highest BCUT2D eigenvalue weighted by Gasteiger charge is 2.26. The molecule has 0 unspecified atom stereocenters. The molecule has 2 aliphatic rings. The Morgan fingerprint density at radius 2 is 1.85 bits per heavy atom. The number of carbonyl (C=O) groups is 2. The van der Waals surface area contributed by atoms with E-state index in [-0.39, 0.29) is 17.9 Å². The Bertz CT molecular complexity index is 864. The molecule has 0 saturated carbocycles. The van der Waals surface area contributed by atoms with Gasteiger partial charge in [0.2, 0.25) is 11.8 Å². The first-order valence-corrected chi connectivity index (χ1v) is 9.64. The Labute approximate surface area is 160 Å². The third-order valence-electron chi connectivity index (χ3n) is 5.59. The van der Waals surface area contributed by atoms with Crippen molar-refractivity contribution in [3.8, 4) is 0 Å². The highest BCUT2D eigenvalue weighted by molar-refractivity contribution is 5.98. The Morgan fingerprint density at radius 3 is 2.63 bits per heavy atom. The predicted molar refractivity (Wildman–Crippen MR) is 107 cm³/mol. The van der Waals surface area contributed by atoms with Crippen molar-refractivity contribution in [2.45, 2.75) is 38.8 Å². The highest BCUT2D eigenvalue weighted by atomic mass is 16.2. The normalized spacial score (nSPS) is 18.3. The van der Waals surface area contributed by atoms with Crippen LogP contribution in [0.2, 0.25) is 0 Å². The molecule has 0 aromatic heterocycles. The van der Waals surface area contributed by atoms with Crippen molar-refractivity contribution in [1.29, 1.82) is 0 Å². The van der Waals surface area contributed by atoms with Crippen LogP contribution in [0.1, 0.15) is 30.9 Å². The van der Waals surface area contributed by atoms with Gasteiger partial charge >= 0.3 is 0 Å². The predicted octanol–water partition coefficient (Wildman–Crippen LogP) is 3.20. The molecular formula is C22H25N3O2. The van der Waals surface area contributed by atoms with E-state index in [2.05, 4.69) is 34.5 Å². The Balaban J connectivity index is 1.42. The van der Waals surface area contributed by atoms with Crippen molar-refractivity contribution in [3.05, 3.63) is 59.7 Å². The van der Waals surface area contributed by atoms with E-state index in [4.69, 9.17) is 0 Å². The van der Waals surface area contributed by atoms with Gasteiger partial charge < -0.3 is 10.2 Å². The summed E-state index contributed by atoms with van der Waals surface area (Å²) in [5.41, 5.74) is 4.28. The maximum atomic E-state index is 12.8. The number of carbonyl (C=O) groups excluding carboxylic acids is 2. The Hall–Kier alpha value is -2.66. The number of benzene rings is 2. The molecule has 0 bridgehead atoms. The summed E-state index contributed by atoms with van der Waals surface area (Å²) in [5.74, 6) is 0.137. The molecule has 5 heteroatoms. The average Bonchev–Trinajstić information content (AvgIpc) is 3.13. The number of rotatable bonds is 4. The van der Waals surface area contributed by atoms with Crippen LogP contribution < -0.4 is 10.2 Å². The van der Waals surface area contributed by atoms with E-state index in [1.54, 1.807) is 4.90 Å². The van der Waals surface area contributed by atoms with Crippen LogP contribution in [0.25, 0.3) is 0 Å². The molecule has 0 spiro atoms. The summed E-state index contributed by atoms with van der Waals surface area (Å²) in [7, 11) is 0. The van der Waals surface area contributed by atoms with Gasteiger partial charge in [-0.25, -0.2) is 0 Å². The van der Waals surface area contributed by atoms with Crippen molar-refractivity contribution in [3.63, 3.8) is 0 Å². The lowest BCUT2D eigenvalue weighted by molar-refractivity contribution is -0.121. The van der Waals surface area contributed by atoms with Crippen LogP contribution in [0.5, 0.6) is 0 Å². The monoisotopic (exact) mass is 363 g/mol. The van der Waals surface area contributed by atoms with Gasteiger partial charge in [-0.2, -0.15) is 0 Å². The molecular weight excluding hydrogens is 338 g/mol. The van der Waals surface area contributed by atoms with Crippen LogP contribution in [0.15, 0.2) is 48.5 Å². The smallest absolute Gasteiger partial charge is 0.241 e. The van der Waals surface area contributed by atoms with Crippen LogP contribution in [0, 0.1) is 0 Å². The first-order chi connectivity index (χ1) is 13.1. The van der Waals surface area contributed by atoms with E-state index < -0.39 is 0 Å². The van der Waals surface area contributed by atoms with Gasteiger partial charge in [-0.3, -0.25) is 14.5 Å². The highest BCUT2D eigenvalue weighted by Crippen LogP contribution is 2.25. The van der Waals surface area contributed by atoms with Crippen LogP contribution in [0.4, 0.5) is 11.4 Å². The number of fused-ring (bicyclic) bond motifs is 1. The van der Waals surface area contributed by atoms with Gasteiger partial charge in [-0.05, 0) is 49.1 Å². The topological polar surface area (TPSA) is 52.7 Å². The van der Waals surface area contributed by atoms with E-state index in [1.807, 2.05) is 31.2 Å². The molecule has 1 atom stereocenters. The van der Waals surface area contributed by atoms with Crippen LogP contribution >= 0.6 is 0 Å². The molecule has 1 fully saturated rings. The van der Waals surface area contributed by atoms with Gasteiger partial charge in [-0.1, -0.05) is 30.3 Å². The zero-order chi connectivity index (χ0) is 18.8. The van der Waals surface area contributed by atoms with E-state index in [0.717, 1.165) is 43.9 Å². The molecule has 2 aromatic rings. The summed E-state index contributed by atoms with van der Waals surface area (Å²) < 4.78 is 0. The summed E-state index contributed by atoms with van der Waals surface area (Å²) in [6, 6.07) is 15.8. The minimum Gasteiger partial charge on any atom is -0.325 e. The van der Waals surface area contributed by atoms with Gasteiger partial charge in [0.25, 0.3) is 0 Å². The summed E-state index contributed by atoms with van der Waals surface area (Å²) in [6.07, 6.45) is 2.47. The second kappa shape index (κ2) is 7.53. The average molecular weight is 363 g/mol. The van der Waals surface area contributed by atoms with E-state index in [0.29, 0.717) is 6.42 Å². The van der Waals surface area contributed by atoms with Crippen molar-refractivity contribution >= 4 is 23.2 Å². The molecule has 2 aromatic carbocycles. The molecule has 5 nitrogen and oxygen atoms in total. The first kappa shape index (κ1) is 17.7. The van der Waals surface area contributed by atoms with E-state index >= 15 is 0 Å². The zero-order valence-electron chi connectivity index (χ0n) is 15.6. The molecule has 1 N–H and O–H groups in total. The lowest BCUT2D eigenvalue weighted by Gasteiger charge is -2.32. The van der Waals surface area contributed by atoms with Gasteiger partial charge in [-0.15, -0.1) is 0 Å². The summed E-state index contributed by atoms with van der Waals surface area (Å²) in [6.45, 7) is 4.39. The summed E-state index contributed by atoms with van der Waals surface area (Å²) in [4.78, 5) is 28.7. The molecule has 27 heavy (non-hydrogen) atoms. The molecule has 140 valence electrons. The third-order valence-corrected chi connectivity index (χ3v) is 5.59. The number of hydrogen-bond donors (Lipinski definition) is 1. The van der Waals surface area contributed by atoms with Gasteiger partial charge in [0, 0.05) is 37.4 Å². The van der Waals surface area contributed by atoms with Gasteiger partial charge in [0.1, 0.15) is 0 Å². The second-order valence-corrected chi connectivity index (χ2v) is 7.35. The number of anilines is 2. The molecule has 0 aliphatic carbocycles. The minimum absolute atomic E-state index is 0.0146. The lowest BCUT2D eigenvalue weighted by Crippen LogP contribution is -2.44. The molecule has 4 rings (SSSR count). The Kier molecular flexibility index (Phi) is 4.94. The van der Waals surface area contributed by atoms with E-state index in [9.17, 15) is 9.59 Å². The maximum Gasteiger partial charge on any atom is 0.241 e. The number of amides is 2. The van der Waals surface area contributed by atoms with Crippen LogP contribution in [-0.4, -0.2) is 35.8 Å². The van der Waals surface area contributed by atoms with Gasteiger partial charge in [0.05, 0.1) is 6.04 Å². The van der Waals surface area contributed by atoms with Gasteiger partial charge in [0.15, 0.2) is 0 Å². The molecule has 1 saturated heterocycles. The third kappa shape index (κ3) is 3.74. The molecule has 2 aliphatic heterocycles.